The molecule has 0 aliphatic carbocycles. The Morgan fingerprint density at radius 1 is 1.10 bits per heavy atom. The monoisotopic (exact) mass is 426 g/mol. The van der Waals surface area contributed by atoms with Crippen LogP contribution in [-0.4, -0.2) is 41.2 Å². The van der Waals surface area contributed by atoms with E-state index in [0.29, 0.717) is 10.8 Å². The third-order valence-electron chi connectivity index (χ3n) is 4.40. The van der Waals surface area contributed by atoms with Gasteiger partial charge in [0.05, 0.1) is 24.9 Å². The number of nitrogens with zero attached hydrogens (tertiary/aromatic N) is 2. The molecule has 3 rings (SSSR count). The van der Waals surface area contributed by atoms with Crippen molar-refractivity contribution in [2.24, 2.45) is 0 Å². The largest absolute Gasteiger partial charge is 0.459 e. The number of anilines is 2. The zero-order chi connectivity index (χ0) is 21.7. The first-order valence-corrected chi connectivity index (χ1v) is 10.1. The average Bonchev–Trinajstić information content (AvgIpc) is 3.37. The van der Waals surface area contributed by atoms with Crippen LogP contribution >= 0.6 is 11.3 Å². The van der Waals surface area contributed by atoms with Crippen molar-refractivity contribution in [2.45, 2.75) is 20.3 Å². The number of aromatic nitrogens is 1. The number of hydrogen-bond acceptors (Lipinski definition) is 6. The third-order valence-corrected chi connectivity index (χ3v) is 5.21. The molecule has 0 saturated carbocycles. The van der Waals surface area contributed by atoms with E-state index in [1.54, 1.807) is 24.6 Å². The van der Waals surface area contributed by atoms with E-state index in [0.717, 1.165) is 16.8 Å². The molecule has 0 unspecified atom stereocenters. The summed E-state index contributed by atoms with van der Waals surface area (Å²) in [6.07, 6.45) is 1.44. The molecule has 0 fully saturated rings. The third kappa shape index (κ3) is 5.32. The summed E-state index contributed by atoms with van der Waals surface area (Å²) < 4.78 is 5.03. The van der Waals surface area contributed by atoms with Gasteiger partial charge in [0.15, 0.2) is 10.9 Å². The van der Waals surface area contributed by atoms with Gasteiger partial charge in [0.2, 0.25) is 11.8 Å². The first-order chi connectivity index (χ1) is 14.3. The fourth-order valence-electron chi connectivity index (χ4n) is 2.80. The molecule has 0 aliphatic rings. The van der Waals surface area contributed by atoms with Gasteiger partial charge in [-0.05, 0) is 37.1 Å². The maximum Gasteiger partial charge on any atom is 0.293 e. The Balaban J connectivity index is 1.52. The number of thiazole rings is 1. The van der Waals surface area contributed by atoms with E-state index in [2.05, 4.69) is 15.6 Å². The van der Waals surface area contributed by atoms with Crippen LogP contribution in [0.1, 0.15) is 27.4 Å². The van der Waals surface area contributed by atoms with E-state index in [4.69, 9.17) is 4.42 Å². The Kier molecular flexibility index (Phi) is 6.63. The molecule has 2 heterocycles. The lowest BCUT2D eigenvalue weighted by atomic mass is 10.1. The molecule has 0 spiro atoms. The standard InChI is InChI=1S/C21H22N4O4S/c1-13-6-4-7-14(2)19(13)23-17(26)11-25(3)18(27)10-15-12-30-21(22-15)24-20(28)16-8-5-9-29-16/h4-9,12H,10-11H2,1-3H3,(H,23,26)(H,22,24,28). The van der Waals surface area contributed by atoms with Crippen LogP contribution in [0.25, 0.3) is 0 Å². The van der Waals surface area contributed by atoms with Crippen LogP contribution in [0, 0.1) is 13.8 Å². The van der Waals surface area contributed by atoms with Crippen LogP contribution in [-0.2, 0) is 16.0 Å². The summed E-state index contributed by atoms with van der Waals surface area (Å²) in [5.41, 5.74) is 3.20. The highest BCUT2D eigenvalue weighted by molar-refractivity contribution is 7.14. The summed E-state index contributed by atoms with van der Waals surface area (Å²) in [6.45, 7) is 3.77. The first kappa shape index (κ1) is 21.3. The highest BCUT2D eigenvalue weighted by Gasteiger charge is 2.17. The first-order valence-electron chi connectivity index (χ1n) is 9.22. The SMILES string of the molecule is Cc1cccc(C)c1NC(=O)CN(C)C(=O)Cc1csc(NC(=O)c2ccco2)n1. The van der Waals surface area contributed by atoms with Gasteiger partial charge < -0.3 is 14.6 Å². The van der Waals surface area contributed by atoms with Crippen LogP contribution < -0.4 is 10.6 Å². The normalized spacial score (nSPS) is 10.5. The number of nitrogens with one attached hydrogen (secondary N) is 2. The van der Waals surface area contributed by atoms with Crippen molar-refractivity contribution >= 4 is 39.9 Å². The fourth-order valence-corrected chi connectivity index (χ4v) is 3.50. The van der Waals surface area contributed by atoms with Crippen LogP contribution in [0.2, 0.25) is 0 Å². The number of likely N-dealkylation sites (N-methyl/N-ethyl adjacent to an activating group) is 1. The number of para-hydroxylation sites is 1. The summed E-state index contributed by atoms with van der Waals surface area (Å²) in [4.78, 5) is 42.4. The molecule has 3 amide bonds. The topological polar surface area (TPSA) is 105 Å². The second-order valence-corrected chi connectivity index (χ2v) is 7.68. The molecular weight excluding hydrogens is 404 g/mol. The fraction of sp³-hybridized carbons (Fsp3) is 0.238. The van der Waals surface area contributed by atoms with Crippen molar-refractivity contribution in [3.63, 3.8) is 0 Å². The van der Waals surface area contributed by atoms with Crippen LogP contribution in [0.4, 0.5) is 10.8 Å². The van der Waals surface area contributed by atoms with E-state index in [9.17, 15) is 14.4 Å². The molecule has 0 atom stereocenters. The Morgan fingerprint density at radius 2 is 1.83 bits per heavy atom. The van der Waals surface area contributed by atoms with Gasteiger partial charge in [0, 0.05) is 18.1 Å². The summed E-state index contributed by atoms with van der Waals surface area (Å²) in [7, 11) is 1.57. The lowest BCUT2D eigenvalue weighted by Gasteiger charge is -2.17. The van der Waals surface area contributed by atoms with Crippen LogP contribution in [0.5, 0.6) is 0 Å². The van der Waals surface area contributed by atoms with Gasteiger partial charge in [-0.1, -0.05) is 18.2 Å². The highest BCUT2D eigenvalue weighted by Crippen LogP contribution is 2.20. The number of carbonyl (C=O) groups is 3. The van der Waals surface area contributed by atoms with Gasteiger partial charge in [0.25, 0.3) is 5.91 Å². The maximum atomic E-state index is 12.5. The van der Waals surface area contributed by atoms with Gasteiger partial charge in [-0.2, -0.15) is 0 Å². The van der Waals surface area contributed by atoms with Crippen LogP contribution in [0.15, 0.2) is 46.4 Å². The van der Waals surface area contributed by atoms with Crippen molar-refractivity contribution in [3.05, 3.63) is 64.6 Å². The van der Waals surface area contributed by atoms with E-state index in [1.165, 1.54) is 22.5 Å². The summed E-state index contributed by atoms with van der Waals surface area (Å²) >= 11 is 1.21. The zero-order valence-corrected chi connectivity index (χ0v) is 17.7. The second kappa shape index (κ2) is 9.36. The van der Waals surface area contributed by atoms with Crippen molar-refractivity contribution in [1.29, 1.82) is 0 Å². The molecular formula is C21H22N4O4S. The Labute approximate surface area is 177 Å². The molecule has 2 N–H and O–H groups in total. The summed E-state index contributed by atoms with van der Waals surface area (Å²) in [6, 6.07) is 8.93. The molecule has 8 nitrogen and oxygen atoms in total. The highest BCUT2D eigenvalue weighted by atomic mass is 32.1. The van der Waals surface area contributed by atoms with Gasteiger partial charge in [0.1, 0.15) is 0 Å². The lowest BCUT2D eigenvalue weighted by Crippen LogP contribution is -2.36. The molecule has 0 radical (unpaired) electrons. The number of carbonyl (C=O) groups excluding carboxylic acids is 3. The molecule has 1 aromatic carbocycles. The Morgan fingerprint density at radius 3 is 2.50 bits per heavy atom. The molecule has 0 aliphatic heterocycles. The minimum absolute atomic E-state index is 0.0281. The minimum Gasteiger partial charge on any atom is -0.459 e. The molecule has 3 aromatic rings. The smallest absolute Gasteiger partial charge is 0.293 e. The molecule has 2 aromatic heterocycles. The van der Waals surface area contributed by atoms with Crippen molar-refractivity contribution in [2.75, 3.05) is 24.2 Å². The quantitative estimate of drug-likeness (QED) is 0.603. The predicted molar refractivity (Wildman–Crippen MR) is 115 cm³/mol. The minimum atomic E-state index is -0.410. The Hall–Kier alpha value is -3.46. The number of rotatable bonds is 7. The predicted octanol–water partition coefficient (Wildman–Crippen LogP) is 3.24. The molecule has 0 bridgehead atoms. The van der Waals surface area contributed by atoms with E-state index < -0.39 is 5.91 Å². The van der Waals surface area contributed by atoms with E-state index in [-0.39, 0.29) is 30.5 Å². The molecule has 156 valence electrons. The van der Waals surface area contributed by atoms with Crippen molar-refractivity contribution < 1.29 is 18.8 Å². The number of benzene rings is 1. The maximum absolute atomic E-state index is 12.5. The lowest BCUT2D eigenvalue weighted by molar-refractivity contribution is -0.132. The summed E-state index contributed by atoms with van der Waals surface area (Å²) in [5.74, 6) is -0.751. The van der Waals surface area contributed by atoms with Crippen LogP contribution in [0.3, 0.4) is 0 Å². The number of amides is 3. The van der Waals surface area contributed by atoms with Gasteiger partial charge in [-0.3, -0.25) is 19.7 Å². The number of hydrogen-bond donors (Lipinski definition) is 2. The van der Waals surface area contributed by atoms with E-state index in [1.807, 2.05) is 32.0 Å². The zero-order valence-electron chi connectivity index (χ0n) is 16.9. The van der Waals surface area contributed by atoms with Crippen molar-refractivity contribution in [1.82, 2.24) is 9.88 Å². The van der Waals surface area contributed by atoms with Crippen molar-refractivity contribution in [3.8, 4) is 0 Å². The average molecular weight is 426 g/mol. The van der Waals surface area contributed by atoms with Gasteiger partial charge in [-0.15, -0.1) is 11.3 Å². The van der Waals surface area contributed by atoms with E-state index >= 15 is 0 Å². The second-order valence-electron chi connectivity index (χ2n) is 6.82. The molecule has 30 heavy (non-hydrogen) atoms. The summed E-state index contributed by atoms with van der Waals surface area (Å²) in [5, 5.41) is 7.55. The van der Waals surface area contributed by atoms with Gasteiger partial charge in [-0.25, -0.2) is 4.98 Å². The number of aryl methyl sites for hydroxylation is 2. The Bertz CT molecular complexity index is 1040. The molecule has 9 heteroatoms. The number of furan rings is 1. The van der Waals surface area contributed by atoms with Gasteiger partial charge >= 0.3 is 0 Å². The molecule has 0 saturated heterocycles.